The lowest BCUT2D eigenvalue weighted by Gasteiger charge is -2.35. The first-order chi connectivity index (χ1) is 11.9. The predicted octanol–water partition coefficient (Wildman–Crippen LogP) is 3.25. The van der Waals surface area contributed by atoms with Crippen molar-refractivity contribution in [3.63, 3.8) is 0 Å². The zero-order valence-electron chi connectivity index (χ0n) is 16.1. The highest BCUT2D eigenvalue weighted by Gasteiger charge is 2.33. The second kappa shape index (κ2) is 12.5. The Kier molecular flexibility index (Phi) is 12.1. The molecule has 0 unspecified atom stereocenters. The Labute approximate surface area is 163 Å². The van der Waals surface area contributed by atoms with Gasteiger partial charge in [-0.25, -0.2) is 0 Å². The van der Waals surface area contributed by atoms with Crippen LogP contribution in [0.1, 0.15) is 77.0 Å². The predicted molar refractivity (Wildman–Crippen MR) is 105 cm³/mol. The van der Waals surface area contributed by atoms with Crippen molar-refractivity contribution in [1.29, 1.82) is 0 Å². The first kappa shape index (κ1) is 25.1. The fourth-order valence-corrected chi connectivity index (χ4v) is 4.21. The summed E-state index contributed by atoms with van der Waals surface area (Å²) in [5, 5.41) is 8.71. The third-order valence-corrected chi connectivity index (χ3v) is 5.97. The molecular formula is C19H37ClN2O4. The van der Waals surface area contributed by atoms with Crippen LogP contribution in [0.4, 0.5) is 0 Å². The van der Waals surface area contributed by atoms with Crippen molar-refractivity contribution in [2.45, 2.75) is 77.0 Å². The van der Waals surface area contributed by atoms with E-state index in [0.29, 0.717) is 19.5 Å². The number of carboxylic acids is 1. The lowest BCUT2D eigenvalue weighted by Crippen LogP contribution is -2.35. The molecule has 0 spiro atoms. The summed E-state index contributed by atoms with van der Waals surface area (Å²) >= 11 is 0. The summed E-state index contributed by atoms with van der Waals surface area (Å²) in [6, 6.07) is 0. The summed E-state index contributed by atoms with van der Waals surface area (Å²) in [5.74, 6) is -0.824. The van der Waals surface area contributed by atoms with Gasteiger partial charge in [-0.1, -0.05) is 38.5 Å². The summed E-state index contributed by atoms with van der Waals surface area (Å²) < 4.78 is 4.69. The zero-order valence-corrected chi connectivity index (χ0v) is 17.0. The number of halogens is 1. The molecule has 2 aliphatic rings. The van der Waals surface area contributed by atoms with E-state index >= 15 is 0 Å². The topological polar surface area (TPSA) is 116 Å². The first-order valence-electron chi connectivity index (χ1n) is 9.60. The van der Waals surface area contributed by atoms with Crippen LogP contribution in [0.2, 0.25) is 0 Å². The summed E-state index contributed by atoms with van der Waals surface area (Å²) in [4.78, 5) is 21.7. The monoisotopic (exact) mass is 392 g/mol. The van der Waals surface area contributed by atoms with Crippen LogP contribution in [-0.4, -0.2) is 37.2 Å². The number of aliphatic carboxylic acids is 1. The van der Waals surface area contributed by atoms with Crippen LogP contribution in [0.3, 0.4) is 0 Å². The molecule has 0 amide bonds. The molecule has 2 saturated carbocycles. The minimum atomic E-state index is -0.706. The Morgan fingerprint density at radius 3 is 1.54 bits per heavy atom. The molecule has 7 heteroatoms. The summed E-state index contributed by atoms with van der Waals surface area (Å²) in [5.41, 5.74) is 11.3. The summed E-state index contributed by atoms with van der Waals surface area (Å²) in [7, 11) is 1.44. The number of carbonyl (C=O) groups is 2. The van der Waals surface area contributed by atoms with Gasteiger partial charge >= 0.3 is 11.9 Å². The number of nitrogens with two attached hydrogens (primary N) is 2. The molecule has 6 nitrogen and oxygen atoms in total. The fraction of sp³-hybridized carbons (Fsp3) is 0.895. The van der Waals surface area contributed by atoms with Crippen molar-refractivity contribution >= 4 is 24.3 Å². The van der Waals surface area contributed by atoms with Crippen LogP contribution >= 0.6 is 12.4 Å². The van der Waals surface area contributed by atoms with Gasteiger partial charge in [0.25, 0.3) is 0 Å². The summed E-state index contributed by atoms with van der Waals surface area (Å²) in [6.45, 7) is 1.14. The zero-order chi connectivity index (χ0) is 18.8. The average molecular weight is 393 g/mol. The van der Waals surface area contributed by atoms with Crippen molar-refractivity contribution in [2.75, 3.05) is 20.2 Å². The molecule has 0 heterocycles. The average Bonchev–Trinajstić information content (AvgIpc) is 2.63. The Balaban J connectivity index is 0.000000464. The van der Waals surface area contributed by atoms with E-state index in [1.165, 1.54) is 32.8 Å². The molecule has 0 aromatic carbocycles. The highest BCUT2D eigenvalue weighted by molar-refractivity contribution is 5.85. The van der Waals surface area contributed by atoms with Gasteiger partial charge in [0.15, 0.2) is 0 Å². The van der Waals surface area contributed by atoms with Gasteiger partial charge in [-0.15, -0.1) is 12.4 Å². The molecule has 0 aromatic rings. The highest BCUT2D eigenvalue weighted by atomic mass is 35.5. The second-order valence-corrected chi connectivity index (χ2v) is 7.85. The number of esters is 1. The molecule has 26 heavy (non-hydrogen) atoms. The van der Waals surface area contributed by atoms with E-state index in [1.54, 1.807) is 0 Å². The van der Waals surface area contributed by atoms with E-state index in [9.17, 15) is 9.59 Å². The Morgan fingerprint density at radius 2 is 1.23 bits per heavy atom. The number of methoxy groups -OCH3 is 1. The quantitative estimate of drug-likeness (QED) is 0.597. The van der Waals surface area contributed by atoms with Crippen molar-refractivity contribution in [3.8, 4) is 0 Å². The molecule has 2 fully saturated rings. The Bertz CT molecular complexity index is 420. The number of hydrogen-bond acceptors (Lipinski definition) is 5. The van der Waals surface area contributed by atoms with Crippen LogP contribution in [0.25, 0.3) is 0 Å². The number of carboxylic acid groups (broad SMARTS) is 1. The van der Waals surface area contributed by atoms with E-state index in [4.69, 9.17) is 16.6 Å². The smallest absolute Gasteiger partial charge is 0.306 e. The van der Waals surface area contributed by atoms with Gasteiger partial charge < -0.3 is 21.3 Å². The van der Waals surface area contributed by atoms with Crippen molar-refractivity contribution in [1.82, 2.24) is 0 Å². The van der Waals surface area contributed by atoms with Crippen molar-refractivity contribution in [3.05, 3.63) is 0 Å². The van der Waals surface area contributed by atoms with E-state index in [0.717, 1.165) is 38.5 Å². The maximum atomic E-state index is 11.2. The maximum Gasteiger partial charge on any atom is 0.306 e. The third kappa shape index (κ3) is 8.23. The van der Waals surface area contributed by atoms with Crippen molar-refractivity contribution in [2.24, 2.45) is 22.3 Å². The first-order valence-corrected chi connectivity index (χ1v) is 9.60. The molecule has 0 saturated heterocycles. The van der Waals surface area contributed by atoms with E-state index in [1.807, 2.05) is 0 Å². The molecule has 0 aromatic heterocycles. The minimum absolute atomic E-state index is 0. The van der Waals surface area contributed by atoms with Crippen LogP contribution in [-0.2, 0) is 14.3 Å². The summed E-state index contributed by atoms with van der Waals surface area (Å²) in [6.07, 6.45) is 12.1. The van der Waals surface area contributed by atoms with Crippen LogP contribution in [0.15, 0.2) is 0 Å². The molecule has 0 bridgehead atoms. The molecule has 154 valence electrons. The fourth-order valence-electron chi connectivity index (χ4n) is 4.21. The van der Waals surface area contributed by atoms with Gasteiger partial charge in [-0.05, 0) is 49.6 Å². The Morgan fingerprint density at radius 1 is 0.846 bits per heavy atom. The maximum absolute atomic E-state index is 11.2. The van der Waals surface area contributed by atoms with Crippen LogP contribution in [0, 0.1) is 10.8 Å². The van der Waals surface area contributed by atoms with E-state index in [2.05, 4.69) is 4.74 Å². The van der Waals surface area contributed by atoms with Gasteiger partial charge in [0.1, 0.15) is 0 Å². The number of ether oxygens (including phenoxy) is 1. The van der Waals surface area contributed by atoms with E-state index < -0.39 is 5.97 Å². The lowest BCUT2D eigenvalue weighted by atomic mass is 9.72. The molecule has 2 rings (SSSR count). The normalized spacial score (nSPS) is 20.7. The molecule has 2 aliphatic carbocycles. The lowest BCUT2D eigenvalue weighted by molar-refractivity contribution is -0.144. The standard InChI is InChI=1S/C10H19NO2.C9H17NO2.ClH/c1-13-9(12)7-10(8-11)5-3-2-4-6-10;10-7-9(6-8(11)12)4-2-1-3-5-9;/h2-8,11H2,1H3;1-7,10H2,(H,11,12);1H. The van der Waals surface area contributed by atoms with Gasteiger partial charge in [0.05, 0.1) is 20.0 Å². The largest absolute Gasteiger partial charge is 0.481 e. The van der Waals surface area contributed by atoms with Gasteiger partial charge in [0.2, 0.25) is 0 Å². The minimum Gasteiger partial charge on any atom is -0.481 e. The van der Waals surface area contributed by atoms with Crippen molar-refractivity contribution < 1.29 is 19.4 Å². The van der Waals surface area contributed by atoms with E-state index in [-0.39, 0.29) is 35.6 Å². The number of hydrogen-bond donors (Lipinski definition) is 3. The molecule has 0 atom stereocenters. The number of carbonyl (C=O) groups excluding carboxylic acids is 1. The van der Waals surface area contributed by atoms with Gasteiger partial charge in [-0.2, -0.15) is 0 Å². The van der Waals surface area contributed by atoms with Crippen LogP contribution in [0.5, 0.6) is 0 Å². The molecular weight excluding hydrogens is 356 g/mol. The van der Waals surface area contributed by atoms with Gasteiger partial charge in [-0.3, -0.25) is 9.59 Å². The SMILES string of the molecule is COC(=O)CC1(CN)CCCCC1.Cl.NCC1(CC(=O)O)CCCCC1. The molecule has 0 radical (unpaired) electrons. The van der Waals surface area contributed by atoms with Gasteiger partial charge in [0, 0.05) is 0 Å². The van der Waals surface area contributed by atoms with Crippen LogP contribution < -0.4 is 11.5 Å². The molecule has 0 aliphatic heterocycles. The number of rotatable bonds is 6. The highest BCUT2D eigenvalue weighted by Crippen LogP contribution is 2.39. The third-order valence-electron chi connectivity index (χ3n) is 5.97. The second-order valence-electron chi connectivity index (χ2n) is 7.85. The molecule has 5 N–H and O–H groups in total. The Hall–Kier alpha value is -0.850.